The van der Waals surface area contributed by atoms with E-state index in [1.165, 1.54) is 44.6 Å². The Morgan fingerprint density at radius 2 is 2.16 bits per heavy atom. The van der Waals surface area contributed by atoms with Crippen LogP contribution in [0.15, 0.2) is 12.7 Å². The summed E-state index contributed by atoms with van der Waals surface area (Å²) < 4.78 is 6.05. The fourth-order valence-electron chi connectivity index (χ4n) is 2.84. The molecular formula is C16H29NO2. The highest BCUT2D eigenvalue weighted by Crippen LogP contribution is 2.30. The smallest absolute Gasteiger partial charge is 0.243 e. The van der Waals surface area contributed by atoms with Crippen molar-refractivity contribution in [3.63, 3.8) is 0 Å². The van der Waals surface area contributed by atoms with Gasteiger partial charge in [0.2, 0.25) is 5.91 Å². The average Bonchev–Trinajstić information content (AvgIpc) is 2.44. The van der Waals surface area contributed by atoms with Crippen LogP contribution in [0.2, 0.25) is 0 Å². The van der Waals surface area contributed by atoms with Gasteiger partial charge in [-0.2, -0.15) is 0 Å². The molecule has 1 saturated carbocycles. The lowest BCUT2D eigenvalue weighted by Crippen LogP contribution is -2.28. The standard InChI is InChI=1S/C16H29NO2/c1-3-9-14-10-5-6-11-15(14)19-13-8-7-12-17-16(18)4-2/h4,14-15H,2-3,5-13H2,1H3,(H,17,18). The summed E-state index contributed by atoms with van der Waals surface area (Å²) in [5.41, 5.74) is 0. The van der Waals surface area contributed by atoms with Gasteiger partial charge < -0.3 is 10.1 Å². The first-order valence-electron chi connectivity index (χ1n) is 7.79. The van der Waals surface area contributed by atoms with Crippen molar-refractivity contribution in [3.05, 3.63) is 12.7 Å². The second-order valence-corrected chi connectivity index (χ2v) is 5.44. The molecule has 1 rings (SSSR count). The largest absolute Gasteiger partial charge is 0.378 e. The second kappa shape index (κ2) is 10.0. The first-order chi connectivity index (χ1) is 9.27. The number of nitrogens with one attached hydrogen (secondary N) is 1. The van der Waals surface area contributed by atoms with Gasteiger partial charge in [0.1, 0.15) is 0 Å². The van der Waals surface area contributed by atoms with Gasteiger partial charge in [-0.1, -0.05) is 32.8 Å². The third-order valence-electron chi connectivity index (χ3n) is 3.89. The topological polar surface area (TPSA) is 38.3 Å². The molecule has 3 heteroatoms. The van der Waals surface area contributed by atoms with E-state index in [1.54, 1.807) is 0 Å². The summed E-state index contributed by atoms with van der Waals surface area (Å²) in [6.07, 6.45) is 11.6. The van der Waals surface area contributed by atoms with Crippen LogP contribution in [0.25, 0.3) is 0 Å². The van der Waals surface area contributed by atoms with E-state index < -0.39 is 0 Å². The SMILES string of the molecule is C=CC(=O)NCCCCOC1CCCCC1CCC. The Morgan fingerprint density at radius 3 is 2.89 bits per heavy atom. The van der Waals surface area contributed by atoms with Gasteiger partial charge in [-0.25, -0.2) is 0 Å². The van der Waals surface area contributed by atoms with Gasteiger partial charge in [0.05, 0.1) is 6.10 Å². The predicted molar refractivity (Wildman–Crippen MR) is 79.0 cm³/mol. The number of hydrogen-bond acceptors (Lipinski definition) is 2. The van der Waals surface area contributed by atoms with E-state index in [4.69, 9.17) is 4.74 Å². The Morgan fingerprint density at radius 1 is 1.37 bits per heavy atom. The quantitative estimate of drug-likeness (QED) is 0.513. The molecule has 0 saturated heterocycles. The van der Waals surface area contributed by atoms with Crippen LogP contribution in [-0.4, -0.2) is 25.2 Å². The second-order valence-electron chi connectivity index (χ2n) is 5.44. The Balaban J connectivity index is 2.06. The third kappa shape index (κ3) is 6.76. The number of ether oxygens (including phenoxy) is 1. The molecule has 1 aliphatic rings. The maximum atomic E-state index is 10.9. The van der Waals surface area contributed by atoms with Gasteiger partial charge >= 0.3 is 0 Å². The Kier molecular flexibility index (Phi) is 8.55. The van der Waals surface area contributed by atoms with Crippen molar-refractivity contribution in [3.8, 4) is 0 Å². The van der Waals surface area contributed by atoms with Gasteiger partial charge in [-0.05, 0) is 44.1 Å². The lowest BCUT2D eigenvalue weighted by atomic mass is 9.83. The first-order valence-corrected chi connectivity index (χ1v) is 7.79. The molecule has 1 amide bonds. The van der Waals surface area contributed by atoms with Gasteiger partial charge in [0, 0.05) is 13.2 Å². The molecule has 0 spiro atoms. The number of unbranched alkanes of at least 4 members (excludes halogenated alkanes) is 1. The minimum atomic E-state index is -0.0868. The summed E-state index contributed by atoms with van der Waals surface area (Å²) in [6, 6.07) is 0. The summed E-state index contributed by atoms with van der Waals surface area (Å²) in [5.74, 6) is 0.690. The van der Waals surface area contributed by atoms with Crippen LogP contribution < -0.4 is 5.32 Å². The zero-order valence-corrected chi connectivity index (χ0v) is 12.3. The normalized spacial score (nSPS) is 23.0. The predicted octanol–water partition coefficient (Wildman–Crippen LogP) is 3.44. The van der Waals surface area contributed by atoms with Crippen LogP contribution in [0.3, 0.4) is 0 Å². The van der Waals surface area contributed by atoms with Crippen LogP contribution >= 0.6 is 0 Å². The molecule has 0 aromatic heterocycles. The van der Waals surface area contributed by atoms with Crippen LogP contribution in [0, 0.1) is 5.92 Å². The molecular weight excluding hydrogens is 238 g/mol. The molecule has 2 unspecified atom stereocenters. The summed E-state index contributed by atoms with van der Waals surface area (Å²) in [6.45, 7) is 7.23. The van der Waals surface area contributed by atoms with E-state index in [-0.39, 0.29) is 5.91 Å². The van der Waals surface area contributed by atoms with Crippen molar-refractivity contribution in [2.45, 2.75) is 64.4 Å². The summed E-state index contributed by atoms with van der Waals surface area (Å²) in [4.78, 5) is 10.9. The Hall–Kier alpha value is -0.830. The van der Waals surface area contributed by atoms with E-state index in [2.05, 4.69) is 18.8 Å². The monoisotopic (exact) mass is 267 g/mol. The lowest BCUT2D eigenvalue weighted by Gasteiger charge is -2.31. The molecule has 0 heterocycles. The lowest BCUT2D eigenvalue weighted by molar-refractivity contribution is -0.116. The van der Waals surface area contributed by atoms with Crippen LogP contribution in [-0.2, 0) is 9.53 Å². The van der Waals surface area contributed by atoms with Crippen molar-refractivity contribution in [1.29, 1.82) is 0 Å². The molecule has 1 aliphatic carbocycles. The fraction of sp³-hybridized carbons (Fsp3) is 0.812. The van der Waals surface area contributed by atoms with Crippen molar-refractivity contribution in [2.75, 3.05) is 13.2 Å². The first kappa shape index (κ1) is 16.2. The highest BCUT2D eigenvalue weighted by Gasteiger charge is 2.24. The number of carbonyl (C=O) groups excluding carboxylic acids is 1. The zero-order valence-electron chi connectivity index (χ0n) is 12.3. The summed E-state index contributed by atoms with van der Waals surface area (Å²) in [5, 5.41) is 2.79. The van der Waals surface area contributed by atoms with Gasteiger partial charge in [0.15, 0.2) is 0 Å². The molecule has 19 heavy (non-hydrogen) atoms. The molecule has 0 aromatic rings. The molecule has 110 valence electrons. The van der Waals surface area contributed by atoms with E-state index in [0.717, 1.165) is 31.9 Å². The Labute approximate surface area is 117 Å². The number of amides is 1. The summed E-state index contributed by atoms with van der Waals surface area (Å²) >= 11 is 0. The van der Waals surface area contributed by atoms with Crippen LogP contribution in [0.5, 0.6) is 0 Å². The Bertz CT molecular complexity index is 263. The molecule has 2 atom stereocenters. The fourth-order valence-corrected chi connectivity index (χ4v) is 2.84. The van der Waals surface area contributed by atoms with Crippen molar-refractivity contribution in [1.82, 2.24) is 5.32 Å². The van der Waals surface area contributed by atoms with E-state index in [1.807, 2.05) is 0 Å². The van der Waals surface area contributed by atoms with Gasteiger partial charge in [-0.3, -0.25) is 4.79 Å². The van der Waals surface area contributed by atoms with Gasteiger partial charge in [0.25, 0.3) is 0 Å². The van der Waals surface area contributed by atoms with Crippen LogP contribution in [0.1, 0.15) is 58.3 Å². The molecule has 1 fully saturated rings. The average molecular weight is 267 g/mol. The van der Waals surface area contributed by atoms with Gasteiger partial charge in [-0.15, -0.1) is 0 Å². The molecule has 0 radical (unpaired) electrons. The van der Waals surface area contributed by atoms with E-state index >= 15 is 0 Å². The number of carbonyl (C=O) groups is 1. The third-order valence-corrected chi connectivity index (χ3v) is 3.89. The molecule has 0 aromatic carbocycles. The molecule has 0 aliphatic heterocycles. The maximum Gasteiger partial charge on any atom is 0.243 e. The van der Waals surface area contributed by atoms with E-state index in [9.17, 15) is 4.79 Å². The number of hydrogen-bond donors (Lipinski definition) is 1. The molecule has 0 bridgehead atoms. The van der Waals surface area contributed by atoms with Crippen LogP contribution in [0.4, 0.5) is 0 Å². The minimum absolute atomic E-state index is 0.0868. The van der Waals surface area contributed by atoms with Crippen molar-refractivity contribution >= 4 is 5.91 Å². The highest BCUT2D eigenvalue weighted by atomic mass is 16.5. The van der Waals surface area contributed by atoms with Crippen molar-refractivity contribution in [2.24, 2.45) is 5.92 Å². The zero-order chi connectivity index (χ0) is 13.9. The highest BCUT2D eigenvalue weighted by molar-refractivity contribution is 5.86. The summed E-state index contributed by atoms with van der Waals surface area (Å²) in [7, 11) is 0. The minimum Gasteiger partial charge on any atom is -0.378 e. The number of rotatable bonds is 9. The van der Waals surface area contributed by atoms with Crippen molar-refractivity contribution < 1.29 is 9.53 Å². The molecule has 1 N–H and O–H groups in total. The maximum absolute atomic E-state index is 10.9. The molecule has 3 nitrogen and oxygen atoms in total. The van der Waals surface area contributed by atoms with E-state index in [0.29, 0.717) is 6.10 Å².